The number of carbonyl (C=O) groups is 2. The second-order valence-electron chi connectivity index (χ2n) is 9.73. The molecule has 1 aliphatic carbocycles. The quantitative estimate of drug-likeness (QED) is 0.425. The van der Waals surface area contributed by atoms with Crippen molar-refractivity contribution < 1.29 is 18.0 Å². The number of nitrogens with one attached hydrogen (secondary N) is 1. The Morgan fingerprint density at radius 1 is 1.08 bits per heavy atom. The lowest BCUT2D eigenvalue weighted by Gasteiger charge is -2.34. The summed E-state index contributed by atoms with van der Waals surface area (Å²) in [6.45, 7) is 5.15. The Hall–Kier alpha value is -2.29. The highest BCUT2D eigenvalue weighted by molar-refractivity contribution is 7.92. The molecule has 1 atom stereocenters. The van der Waals surface area contributed by atoms with Crippen LogP contribution in [0.25, 0.3) is 0 Å². The van der Waals surface area contributed by atoms with E-state index in [9.17, 15) is 18.0 Å². The van der Waals surface area contributed by atoms with Gasteiger partial charge >= 0.3 is 0 Å². The number of benzene rings is 2. The molecule has 37 heavy (non-hydrogen) atoms. The molecule has 2 aromatic rings. The van der Waals surface area contributed by atoms with E-state index in [1.165, 1.54) is 4.90 Å². The molecular weight excluding hydrogens is 533 g/mol. The Balaban J connectivity index is 1.97. The Morgan fingerprint density at radius 2 is 1.76 bits per heavy atom. The van der Waals surface area contributed by atoms with E-state index >= 15 is 0 Å². The summed E-state index contributed by atoms with van der Waals surface area (Å²) in [6.07, 6.45) is 5.37. The van der Waals surface area contributed by atoms with Crippen LogP contribution in [0.2, 0.25) is 10.0 Å². The fourth-order valence-electron chi connectivity index (χ4n) is 4.80. The zero-order chi connectivity index (χ0) is 27.3. The molecule has 2 aromatic carbocycles. The molecule has 1 N–H and O–H groups in total. The van der Waals surface area contributed by atoms with Gasteiger partial charge in [-0.05, 0) is 62.4 Å². The fraction of sp³-hybridized carbons (Fsp3) is 0.481. The number of hydrogen-bond acceptors (Lipinski definition) is 4. The van der Waals surface area contributed by atoms with Gasteiger partial charge in [-0.2, -0.15) is 0 Å². The smallest absolute Gasteiger partial charge is 0.244 e. The van der Waals surface area contributed by atoms with Crippen LogP contribution < -0.4 is 9.62 Å². The maximum absolute atomic E-state index is 13.8. The minimum absolute atomic E-state index is 0.0376. The maximum Gasteiger partial charge on any atom is 0.244 e. The van der Waals surface area contributed by atoms with Crippen molar-refractivity contribution in [3.63, 3.8) is 0 Å². The van der Waals surface area contributed by atoms with E-state index in [1.54, 1.807) is 37.3 Å². The molecule has 1 unspecified atom stereocenters. The van der Waals surface area contributed by atoms with Crippen molar-refractivity contribution in [3.8, 4) is 0 Å². The molecule has 1 fully saturated rings. The van der Waals surface area contributed by atoms with Gasteiger partial charge in [0.1, 0.15) is 12.6 Å². The number of anilines is 1. The Bertz CT molecular complexity index is 1250. The second kappa shape index (κ2) is 12.5. The van der Waals surface area contributed by atoms with Gasteiger partial charge in [0, 0.05) is 22.6 Å². The molecule has 202 valence electrons. The SMILES string of the molecule is CCC(C(=O)NC1CCCC1)N(Cc1ccc(Cl)cc1Cl)C(=O)CN(c1ccc(C)cc1C)S(C)(=O)=O. The van der Waals surface area contributed by atoms with Crippen LogP contribution >= 0.6 is 23.2 Å². The third-order valence-corrected chi connectivity index (χ3v) is 8.46. The van der Waals surface area contributed by atoms with E-state index in [-0.39, 0.29) is 18.5 Å². The first-order valence-electron chi connectivity index (χ1n) is 12.5. The zero-order valence-corrected chi connectivity index (χ0v) is 24.1. The number of carbonyl (C=O) groups excluding carboxylic acids is 2. The predicted molar refractivity (Wildman–Crippen MR) is 150 cm³/mol. The average molecular weight is 569 g/mol. The van der Waals surface area contributed by atoms with Crippen molar-refractivity contribution in [2.75, 3.05) is 17.1 Å². The van der Waals surface area contributed by atoms with Crippen molar-refractivity contribution in [2.45, 2.75) is 71.5 Å². The monoisotopic (exact) mass is 567 g/mol. The normalized spacial score (nSPS) is 14.9. The Labute approximate surface area is 230 Å². The first-order chi connectivity index (χ1) is 17.4. The fourth-order valence-corrected chi connectivity index (χ4v) is 6.18. The molecule has 0 bridgehead atoms. The number of halogens is 2. The predicted octanol–water partition coefficient (Wildman–Crippen LogP) is 5.24. The third kappa shape index (κ3) is 7.62. The standard InChI is InChI=1S/C27H35Cl2N3O4S/c1-5-24(27(34)30-22-8-6-7-9-22)31(16-20-11-12-21(28)15-23(20)29)26(33)17-32(37(4,35)36)25-13-10-18(2)14-19(25)3/h10-15,22,24H,5-9,16-17H2,1-4H3,(H,30,34). The third-order valence-electron chi connectivity index (χ3n) is 6.74. The van der Waals surface area contributed by atoms with Gasteiger partial charge in [-0.1, -0.05) is 66.7 Å². The number of nitrogens with zero attached hydrogens (tertiary/aromatic N) is 2. The summed E-state index contributed by atoms with van der Waals surface area (Å²) in [4.78, 5) is 28.6. The molecule has 7 nitrogen and oxygen atoms in total. The lowest BCUT2D eigenvalue weighted by molar-refractivity contribution is -0.140. The molecule has 0 heterocycles. The van der Waals surface area contributed by atoms with Crippen LogP contribution in [0.15, 0.2) is 36.4 Å². The summed E-state index contributed by atoms with van der Waals surface area (Å²) in [5.74, 6) is -0.741. The first kappa shape index (κ1) is 29.3. The average Bonchev–Trinajstić information content (AvgIpc) is 3.31. The highest BCUT2D eigenvalue weighted by Gasteiger charge is 2.33. The van der Waals surface area contributed by atoms with Gasteiger partial charge in [-0.15, -0.1) is 0 Å². The lowest BCUT2D eigenvalue weighted by atomic mass is 10.1. The molecular formula is C27H35Cl2N3O4S. The minimum atomic E-state index is -3.80. The molecule has 1 aliphatic rings. The maximum atomic E-state index is 13.8. The summed E-state index contributed by atoms with van der Waals surface area (Å²) in [7, 11) is -3.80. The number of sulfonamides is 1. The molecule has 0 radical (unpaired) electrons. The van der Waals surface area contributed by atoms with E-state index in [0.717, 1.165) is 47.4 Å². The van der Waals surface area contributed by atoms with Crippen LogP contribution in [0.4, 0.5) is 5.69 Å². The second-order valence-corrected chi connectivity index (χ2v) is 12.5. The molecule has 0 saturated heterocycles. The molecule has 3 rings (SSSR count). The molecule has 1 saturated carbocycles. The van der Waals surface area contributed by atoms with Crippen molar-refractivity contribution in [3.05, 3.63) is 63.1 Å². The van der Waals surface area contributed by atoms with Gasteiger partial charge in [0.2, 0.25) is 21.8 Å². The van der Waals surface area contributed by atoms with E-state index in [4.69, 9.17) is 23.2 Å². The van der Waals surface area contributed by atoms with Crippen molar-refractivity contribution in [1.82, 2.24) is 10.2 Å². The topological polar surface area (TPSA) is 86.8 Å². The summed E-state index contributed by atoms with van der Waals surface area (Å²) in [5, 5.41) is 3.91. The highest BCUT2D eigenvalue weighted by atomic mass is 35.5. The summed E-state index contributed by atoms with van der Waals surface area (Å²) < 4.78 is 26.7. The van der Waals surface area contributed by atoms with Crippen molar-refractivity contribution >= 4 is 50.7 Å². The molecule has 0 spiro atoms. The van der Waals surface area contributed by atoms with Gasteiger partial charge in [0.05, 0.1) is 11.9 Å². The largest absolute Gasteiger partial charge is 0.352 e. The molecule has 0 aromatic heterocycles. The molecule has 2 amide bonds. The Kier molecular flexibility index (Phi) is 9.89. The summed E-state index contributed by atoms with van der Waals surface area (Å²) in [6, 6.07) is 9.63. The van der Waals surface area contributed by atoms with Crippen LogP contribution in [0, 0.1) is 13.8 Å². The Morgan fingerprint density at radius 3 is 2.32 bits per heavy atom. The van der Waals surface area contributed by atoms with Gasteiger partial charge in [-0.25, -0.2) is 8.42 Å². The lowest BCUT2D eigenvalue weighted by Crippen LogP contribution is -2.53. The van der Waals surface area contributed by atoms with Crippen molar-refractivity contribution in [2.24, 2.45) is 0 Å². The number of rotatable bonds is 10. The number of hydrogen-bond donors (Lipinski definition) is 1. The van der Waals surface area contributed by atoms with E-state index in [2.05, 4.69) is 5.32 Å². The van der Waals surface area contributed by atoms with Crippen LogP contribution in [0.5, 0.6) is 0 Å². The van der Waals surface area contributed by atoms with Gasteiger partial charge in [-0.3, -0.25) is 13.9 Å². The van der Waals surface area contributed by atoms with Gasteiger partial charge in [0.15, 0.2) is 0 Å². The van der Waals surface area contributed by atoms with E-state index < -0.39 is 28.5 Å². The summed E-state index contributed by atoms with van der Waals surface area (Å²) in [5.41, 5.74) is 2.75. The molecule has 10 heteroatoms. The number of amides is 2. The highest BCUT2D eigenvalue weighted by Crippen LogP contribution is 2.27. The molecule has 0 aliphatic heterocycles. The van der Waals surface area contributed by atoms with Gasteiger partial charge < -0.3 is 10.2 Å². The number of aryl methyl sites for hydroxylation is 2. The van der Waals surface area contributed by atoms with Gasteiger partial charge in [0.25, 0.3) is 0 Å². The van der Waals surface area contributed by atoms with E-state index in [1.807, 2.05) is 19.9 Å². The minimum Gasteiger partial charge on any atom is -0.352 e. The van der Waals surface area contributed by atoms with Crippen LogP contribution in [0.3, 0.4) is 0 Å². The van der Waals surface area contributed by atoms with E-state index in [0.29, 0.717) is 27.7 Å². The first-order valence-corrected chi connectivity index (χ1v) is 15.1. The summed E-state index contributed by atoms with van der Waals surface area (Å²) >= 11 is 12.5. The van der Waals surface area contributed by atoms with Crippen molar-refractivity contribution in [1.29, 1.82) is 0 Å². The van der Waals surface area contributed by atoms with Crippen LogP contribution in [0.1, 0.15) is 55.7 Å². The zero-order valence-electron chi connectivity index (χ0n) is 21.8. The van der Waals surface area contributed by atoms with Crippen LogP contribution in [-0.4, -0.2) is 50.0 Å². The van der Waals surface area contributed by atoms with Crippen LogP contribution in [-0.2, 0) is 26.2 Å².